The van der Waals surface area contributed by atoms with E-state index in [0.29, 0.717) is 48.8 Å². The molecule has 3 aliphatic heterocycles. The molecule has 42 heavy (non-hydrogen) atoms. The van der Waals surface area contributed by atoms with Gasteiger partial charge in [-0.2, -0.15) is 0 Å². The van der Waals surface area contributed by atoms with E-state index < -0.39 is 0 Å². The number of phenols is 2. The minimum atomic E-state index is 0.00217. The molecule has 3 heterocycles. The maximum atomic E-state index is 13.8. The minimum absolute atomic E-state index is 0.00217. The third-order valence-electron chi connectivity index (χ3n) is 8.62. The molecular formula is C34H45N3O5. The first-order chi connectivity index (χ1) is 20.3. The molecule has 226 valence electrons. The monoisotopic (exact) mass is 575 g/mol. The van der Waals surface area contributed by atoms with Crippen molar-refractivity contribution < 1.29 is 24.5 Å². The van der Waals surface area contributed by atoms with Crippen LogP contribution in [-0.2, 0) is 17.9 Å². The molecule has 2 N–H and O–H groups in total. The van der Waals surface area contributed by atoms with E-state index in [1.54, 1.807) is 26.4 Å². The number of ketones is 1. The van der Waals surface area contributed by atoms with Gasteiger partial charge in [-0.3, -0.25) is 19.5 Å². The second-order valence-corrected chi connectivity index (χ2v) is 12.0. The summed E-state index contributed by atoms with van der Waals surface area (Å²) in [5.74, 6) is 1.17. The van der Waals surface area contributed by atoms with E-state index in [9.17, 15) is 15.0 Å². The molecule has 0 atom stereocenters. The van der Waals surface area contributed by atoms with Crippen molar-refractivity contribution in [1.29, 1.82) is 0 Å². The average Bonchev–Trinajstić information content (AvgIpc) is 2.99. The first-order valence-corrected chi connectivity index (χ1v) is 15.2. The highest BCUT2D eigenvalue weighted by Gasteiger charge is 2.25. The topological polar surface area (TPSA) is 85.7 Å². The second kappa shape index (κ2) is 13.8. The lowest BCUT2D eigenvalue weighted by molar-refractivity contribution is -0.113. The first-order valence-electron chi connectivity index (χ1n) is 15.2. The van der Waals surface area contributed by atoms with Gasteiger partial charge in [-0.15, -0.1) is 0 Å². The highest BCUT2D eigenvalue weighted by atomic mass is 16.5. The van der Waals surface area contributed by atoms with E-state index in [2.05, 4.69) is 14.7 Å². The number of likely N-dealkylation sites (tertiary alicyclic amines) is 3. The molecule has 0 aliphatic carbocycles. The summed E-state index contributed by atoms with van der Waals surface area (Å²) < 4.78 is 11.0. The van der Waals surface area contributed by atoms with Crippen molar-refractivity contribution in [3.8, 4) is 23.0 Å². The van der Waals surface area contributed by atoms with Crippen LogP contribution in [0.25, 0.3) is 12.2 Å². The third-order valence-corrected chi connectivity index (χ3v) is 8.62. The van der Waals surface area contributed by atoms with Crippen molar-refractivity contribution in [1.82, 2.24) is 14.7 Å². The lowest BCUT2D eigenvalue weighted by atomic mass is 9.93. The molecule has 3 fully saturated rings. The highest BCUT2D eigenvalue weighted by molar-refractivity contribution is 6.14. The third kappa shape index (κ3) is 7.17. The Morgan fingerprint density at radius 2 is 1.10 bits per heavy atom. The fourth-order valence-electron chi connectivity index (χ4n) is 6.43. The van der Waals surface area contributed by atoms with Gasteiger partial charge >= 0.3 is 0 Å². The average molecular weight is 576 g/mol. The summed E-state index contributed by atoms with van der Waals surface area (Å²) in [5, 5.41) is 21.7. The van der Waals surface area contributed by atoms with E-state index in [-0.39, 0.29) is 17.3 Å². The number of aromatic hydroxyl groups is 2. The van der Waals surface area contributed by atoms with Gasteiger partial charge in [-0.1, -0.05) is 12.8 Å². The van der Waals surface area contributed by atoms with Crippen molar-refractivity contribution in [2.45, 2.75) is 51.6 Å². The molecule has 0 aromatic heterocycles. The van der Waals surface area contributed by atoms with Gasteiger partial charge in [0.2, 0.25) is 0 Å². The Balaban J connectivity index is 1.43. The molecule has 8 nitrogen and oxygen atoms in total. The number of Topliss-reactive ketones (excluding diaryl/α,β-unsaturated/α-hetero) is 1. The zero-order valence-electron chi connectivity index (χ0n) is 25.3. The Labute approximate surface area is 249 Å². The largest absolute Gasteiger partial charge is 0.504 e. The predicted octanol–water partition coefficient (Wildman–Crippen LogP) is 5.07. The first kappa shape index (κ1) is 30.1. The molecule has 3 aliphatic rings. The number of likely N-dealkylation sites (N-methyl/N-ethyl adjacent to an activating group) is 1. The molecule has 2 aromatic carbocycles. The van der Waals surface area contributed by atoms with Crippen LogP contribution in [0, 0.1) is 0 Å². The van der Waals surface area contributed by atoms with Crippen LogP contribution in [0.15, 0.2) is 35.4 Å². The van der Waals surface area contributed by atoms with Crippen LogP contribution in [-0.4, -0.2) is 91.2 Å². The number of nitrogens with zero attached hydrogens (tertiary/aromatic N) is 3. The fraction of sp³-hybridized carbons (Fsp3) is 0.500. The molecule has 0 spiro atoms. The smallest absolute Gasteiger partial charge is 0.187 e. The van der Waals surface area contributed by atoms with Gasteiger partial charge in [0.25, 0.3) is 0 Å². The maximum absolute atomic E-state index is 13.8. The molecular weight excluding hydrogens is 530 g/mol. The van der Waals surface area contributed by atoms with Crippen LogP contribution < -0.4 is 9.47 Å². The summed E-state index contributed by atoms with van der Waals surface area (Å²) in [6, 6.07) is 7.54. The van der Waals surface area contributed by atoms with Crippen LogP contribution >= 0.6 is 0 Å². The SMILES string of the molecule is COc1cc(/C=C2\CN(C)C/C(=C\c3cc(CN4CCCCC4)c(O)c(OC)c3)C2=O)cc(CN2CCCCC2)c1O. The Kier molecular flexibility index (Phi) is 9.88. The zero-order valence-corrected chi connectivity index (χ0v) is 25.3. The van der Waals surface area contributed by atoms with Crippen molar-refractivity contribution in [3.63, 3.8) is 0 Å². The van der Waals surface area contributed by atoms with E-state index in [0.717, 1.165) is 48.4 Å². The standard InChI is InChI=1S/C34H45N3O5/c1-35-20-26(14-24-16-28(33(39)30(18-24)41-2)22-36-10-6-4-7-11-36)32(38)27(21-35)15-25-17-29(34(40)31(19-25)42-3)23-37-12-8-5-9-13-37/h14-19,39-40H,4-13,20-23H2,1-3H3/b26-14+,27-15+. The Morgan fingerprint density at radius 3 is 1.48 bits per heavy atom. The van der Waals surface area contributed by atoms with Gasteiger partial charge < -0.3 is 19.7 Å². The Hall–Kier alpha value is -3.33. The van der Waals surface area contributed by atoms with E-state index in [1.807, 2.05) is 31.3 Å². The number of piperidine rings is 3. The lowest BCUT2D eigenvalue weighted by Crippen LogP contribution is -2.34. The van der Waals surface area contributed by atoms with Crippen LogP contribution in [0.2, 0.25) is 0 Å². The van der Waals surface area contributed by atoms with Gasteiger partial charge in [0.1, 0.15) is 0 Å². The summed E-state index contributed by atoms with van der Waals surface area (Å²) in [6.07, 6.45) is 11.0. The summed E-state index contributed by atoms with van der Waals surface area (Å²) in [7, 11) is 5.12. The van der Waals surface area contributed by atoms with Crippen molar-refractivity contribution in [2.75, 3.05) is 60.5 Å². The summed E-state index contributed by atoms with van der Waals surface area (Å²) in [4.78, 5) is 20.6. The van der Waals surface area contributed by atoms with Crippen molar-refractivity contribution in [2.24, 2.45) is 0 Å². The molecule has 2 aromatic rings. The van der Waals surface area contributed by atoms with Gasteiger partial charge in [-0.25, -0.2) is 0 Å². The molecule has 0 saturated carbocycles. The minimum Gasteiger partial charge on any atom is -0.504 e. The normalized spacial score (nSPS) is 21.3. The van der Waals surface area contributed by atoms with Gasteiger partial charge in [0.15, 0.2) is 28.8 Å². The molecule has 0 radical (unpaired) electrons. The number of hydrogen-bond donors (Lipinski definition) is 2. The molecule has 8 heteroatoms. The number of carbonyl (C=O) groups excluding carboxylic acids is 1. The van der Waals surface area contributed by atoms with Gasteiger partial charge in [0.05, 0.1) is 14.2 Å². The number of methoxy groups -OCH3 is 2. The summed E-state index contributed by atoms with van der Waals surface area (Å²) in [6.45, 7) is 6.44. The summed E-state index contributed by atoms with van der Waals surface area (Å²) in [5.41, 5.74) is 4.67. The lowest BCUT2D eigenvalue weighted by Gasteiger charge is -2.28. The molecule has 0 amide bonds. The highest BCUT2D eigenvalue weighted by Crippen LogP contribution is 2.36. The number of benzene rings is 2. The van der Waals surface area contributed by atoms with E-state index in [4.69, 9.17) is 9.47 Å². The van der Waals surface area contributed by atoms with E-state index in [1.165, 1.54) is 38.5 Å². The van der Waals surface area contributed by atoms with Crippen molar-refractivity contribution >= 4 is 17.9 Å². The van der Waals surface area contributed by atoms with Crippen molar-refractivity contribution in [3.05, 3.63) is 57.7 Å². The molecule has 5 rings (SSSR count). The van der Waals surface area contributed by atoms with E-state index >= 15 is 0 Å². The molecule has 0 bridgehead atoms. The number of phenolic OH excluding ortho intramolecular Hbond substituents is 2. The molecule has 0 unspecified atom stereocenters. The summed E-state index contributed by atoms with van der Waals surface area (Å²) >= 11 is 0. The maximum Gasteiger partial charge on any atom is 0.187 e. The van der Waals surface area contributed by atoms with Crippen LogP contribution in [0.5, 0.6) is 23.0 Å². The number of ether oxygens (including phenoxy) is 2. The van der Waals surface area contributed by atoms with Crippen LogP contribution in [0.3, 0.4) is 0 Å². The Bertz CT molecular complexity index is 1240. The fourth-order valence-corrected chi connectivity index (χ4v) is 6.43. The van der Waals surface area contributed by atoms with Gasteiger partial charge in [-0.05, 0) is 106 Å². The number of hydrogen-bond acceptors (Lipinski definition) is 8. The zero-order chi connectivity index (χ0) is 29.6. The Morgan fingerprint density at radius 1 is 0.690 bits per heavy atom. The number of rotatable bonds is 8. The van der Waals surface area contributed by atoms with Crippen LogP contribution in [0.4, 0.5) is 0 Å². The number of carbonyl (C=O) groups is 1. The second-order valence-electron chi connectivity index (χ2n) is 12.0. The quantitative estimate of drug-likeness (QED) is 0.422. The molecule has 3 saturated heterocycles. The predicted molar refractivity (Wildman–Crippen MR) is 166 cm³/mol. The van der Waals surface area contributed by atoms with Gasteiger partial charge in [0, 0.05) is 48.5 Å². The van der Waals surface area contributed by atoms with Crippen LogP contribution in [0.1, 0.15) is 60.8 Å².